The standard InChI is InChI=1S/C12H14N2O2S2/c1-8-10(11(15)16-2)14-12(18-8)13-5-3-9-4-6-17-7-9/h4,6-7H,3,5H2,1-2H3,(H,13,14). The summed E-state index contributed by atoms with van der Waals surface area (Å²) in [5.41, 5.74) is 1.72. The van der Waals surface area contributed by atoms with Crippen molar-refractivity contribution in [2.45, 2.75) is 13.3 Å². The minimum absolute atomic E-state index is 0.380. The molecule has 18 heavy (non-hydrogen) atoms. The first-order chi connectivity index (χ1) is 8.70. The molecule has 0 radical (unpaired) electrons. The monoisotopic (exact) mass is 282 g/mol. The van der Waals surface area contributed by atoms with Crippen LogP contribution >= 0.6 is 22.7 Å². The summed E-state index contributed by atoms with van der Waals surface area (Å²) in [6, 6.07) is 2.11. The predicted molar refractivity (Wildman–Crippen MR) is 74.7 cm³/mol. The first-order valence-electron chi connectivity index (χ1n) is 5.51. The van der Waals surface area contributed by atoms with Gasteiger partial charge in [-0.25, -0.2) is 9.78 Å². The van der Waals surface area contributed by atoms with Crippen LogP contribution in [0.4, 0.5) is 5.13 Å². The first kappa shape index (κ1) is 13.0. The molecule has 0 bridgehead atoms. The smallest absolute Gasteiger partial charge is 0.357 e. The Labute approximate surface area is 114 Å². The number of carbonyl (C=O) groups excluding carboxylic acids is 1. The summed E-state index contributed by atoms with van der Waals surface area (Å²) in [6.45, 7) is 2.68. The number of nitrogens with zero attached hydrogens (tertiary/aromatic N) is 1. The normalized spacial score (nSPS) is 10.3. The summed E-state index contributed by atoms with van der Waals surface area (Å²) in [5.74, 6) is -0.380. The van der Waals surface area contributed by atoms with Crippen molar-refractivity contribution in [2.75, 3.05) is 19.0 Å². The lowest BCUT2D eigenvalue weighted by molar-refractivity contribution is 0.0594. The van der Waals surface area contributed by atoms with Crippen molar-refractivity contribution in [3.63, 3.8) is 0 Å². The number of rotatable bonds is 5. The van der Waals surface area contributed by atoms with Crippen molar-refractivity contribution >= 4 is 33.8 Å². The van der Waals surface area contributed by atoms with Gasteiger partial charge >= 0.3 is 5.97 Å². The molecule has 0 aliphatic rings. The Morgan fingerprint density at radius 1 is 1.56 bits per heavy atom. The molecule has 2 aromatic heterocycles. The van der Waals surface area contributed by atoms with Gasteiger partial charge in [-0.2, -0.15) is 11.3 Å². The minimum atomic E-state index is -0.380. The fourth-order valence-electron chi connectivity index (χ4n) is 1.51. The second kappa shape index (κ2) is 5.97. The van der Waals surface area contributed by atoms with Crippen LogP contribution < -0.4 is 5.32 Å². The van der Waals surface area contributed by atoms with Gasteiger partial charge in [0.2, 0.25) is 0 Å². The zero-order valence-corrected chi connectivity index (χ0v) is 11.9. The molecule has 0 fully saturated rings. The van der Waals surface area contributed by atoms with Crippen LogP contribution in [-0.4, -0.2) is 24.6 Å². The number of thiazole rings is 1. The van der Waals surface area contributed by atoms with Crippen molar-refractivity contribution in [1.29, 1.82) is 0 Å². The lowest BCUT2D eigenvalue weighted by Gasteiger charge is -2.00. The van der Waals surface area contributed by atoms with E-state index in [1.807, 2.05) is 6.92 Å². The van der Waals surface area contributed by atoms with Gasteiger partial charge in [0.25, 0.3) is 0 Å². The SMILES string of the molecule is COC(=O)c1nc(NCCc2ccsc2)sc1C. The van der Waals surface area contributed by atoms with Crippen molar-refractivity contribution in [3.05, 3.63) is 33.0 Å². The van der Waals surface area contributed by atoms with E-state index >= 15 is 0 Å². The molecule has 0 aliphatic heterocycles. The third-order valence-corrected chi connectivity index (χ3v) is 4.11. The number of hydrogen-bond donors (Lipinski definition) is 1. The Morgan fingerprint density at radius 3 is 3.06 bits per heavy atom. The Bertz CT molecular complexity index is 520. The number of esters is 1. The van der Waals surface area contributed by atoms with Crippen molar-refractivity contribution in [1.82, 2.24) is 4.98 Å². The van der Waals surface area contributed by atoms with Crippen LogP contribution in [0.25, 0.3) is 0 Å². The second-order valence-electron chi connectivity index (χ2n) is 3.72. The van der Waals surface area contributed by atoms with Gasteiger partial charge in [0, 0.05) is 11.4 Å². The fourth-order valence-corrected chi connectivity index (χ4v) is 3.04. The summed E-state index contributed by atoms with van der Waals surface area (Å²) in [6.07, 6.45) is 0.954. The lowest BCUT2D eigenvalue weighted by atomic mass is 10.2. The molecule has 1 N–H and O–H groups in total. The zero-order valence-electron chi connectivity index (χ0n) is 10.2. The highest BCUT2D eigenvalue weighted by Crippen LogP contribution is 2.22. The molecule has 0 atom stereocenters. The molecule has 2 aromatic rings. The summed E-state index contributed by atoms with van der Waals surface area (Å²) in [7, 11) is 1.37. The van der Waals surface area contributed by atoms with Crippen LogP contribution in [0.15, 0.2) is 16.8 Å². The molecule has 0 saturated carbocycles. The average Bonchev–Trinajstić information content (AvgIpc) is 2.98. The highest BCUT2D eigenvalue weighted by atomic mass is 32.1. The van der Waals surface area contributed by atoms with E-state index in [1.54, 1.807) is 11.3 Å². The van der Waals surface area contributed by atoms with Gasteiger partial charge in [0.05, 0.1) is 7.11 Å². The van der Waals surface area contributed by atoms with Crippen LogP contribution in [0, 0.1) is 6.92 Å². The van der Waals surface area contributed by atoms with E-state index in [4.69, 9.17) is 0 Å². The molecule has 0 saturated heterocycles. The molecule has 0 spiro atoms. The Balaban J connectivity index is 1.92. The second-order valence-corrected chi connectivity index (χ2v) is 5.71. The maximum absolute atomic E-state index is 11.4. The molecular formula is C12H14N2O2S2. The molecule has 2 heterocycles. The zero-order chi connectivity index (χ0) is 13.0. The molecular weight excluding hydrogens is 268 g/mol. The quantitative estimate of drug-likeness (QED) is 0.857. The topological polar surface area (TPSA) is 51.2 Å². The highest BCUT2D eigenvalue weighted by Gasteiger charge is 2.15. The molecule has 6 heteroatoms. The summed E-state index contributed by atoms with van der Waals surface area (Å²) < 4.78 is 4.67. The van der Waals surface area contributed by atoms with Crippen LogP contribution in [0.2, 0.25) is 0 Å². The maximum Gasteiger partial charge on any atom is 0.357 e. The molecule has 0 unspecified atom stereocenters. The van der Waals surface area contributed by atoms with Gasteiger partial charge in [-0.05, 0) is 35.7 Å². The Hall–Kier alpha value is -1.40. The largest absolute Gasteiger partial charge is 0.464 e. The van der Waals surface area contributed by atoms with Crippen LogP contribution in [0.5, 0.6) is 0 Å². The van der Waals surface area contributed by atoms with Gasteiger partial charge < -0.3 is 10.1 Å². The van der Waals surface area contributed by atoms with Gasteiger partial charge in [-0.1, -0.05) is 0 Å². The number of thiophene rings is 1. The van der Waals surface area contributed by atoms with Gasteiger partial charge in [0.1, 0.15) is 0 Å². The van der Waals surface area contributed by atoms with E-state index in [2.05, 4.69) is 31.9 Å². The van der Waals surface area contributed by atoms with Gasteiger partial charge in [-0.15, -0.1) is 11.3 Å². The fraction of sp³-hybridized carbons (Fsp3) is 0.333. The summed E-state index contributed by atoms with van der Waals surface area (Å²) in [5, 5.41) is 8.20. The van der Waals surface area contributed by atoms with Crippen molar-refractivity contribution in [2.24, 2.45) is 0 Å². The molecule has 0 aliphatic carbocycles. The Morgan fingerprint density at radius 2 is 2.39 bits per heavy atom. The van der Waals surface area contributed by atoms with E-state index < -0.39 is 0 Å². The number of hydrogen-bond acceptors (Lipinski definition) is 6. The van der Waals surface area contributed by atoms with E-state index in [0.717, 1.165) is 23.0 Å². The van der Waals surface area contributed by atoms with Crippen LogP contribution in [0.1, 0.15) is 20.9 Å². The van der Waals surface area contributed by atoms with E-state index in [1.165, 1.54) is 24.0 Å². The summed E-state index contributed by atoms with van der Waals surface area (Å²) >= 11 is 3.17. The number of carbonyl (C=O) groups is 1. The molecule has 4 nitrogen and oxygen atoms in total. The van der Waals surface area contributed by atoms with E-state index in [0.29, 0.717) is 5.69 Å². The minimum Gasteiger partial charge on any atom is -0.464 e. The average molecular weight is 282 g/mol. The maximum atomic E-state index is 11.4. The van der Waals surface area contributed by atoms with Crippen LogP contribution in [-0.2, 0) is 11.2 Å². The molecule has 96 valence electrons. The molecule has 0 amide bonds. The number of aryl methyl sites for hydroxylation is 1. The summed E-state index contributed by atoms with van der Waals surface area (Å²) in [4.78, 5) is 16.5. The number of nitrogens with one attached hydrogen (secondary N) is 1. The predicted octanol–water partition coefficient (Wildman–Crippen LogP) is 2.95. The highest BCUT2D eigenvalue weighted by molar-refractivity contribution is 7.15. The van der Waals surface area contributed by atoms with Gasteiger partial charge in [0.15, 0.2) is 10.8 Å². The number of anilines is 1. The molecule has 0 aromatic carbocycles. The van der Waals surface area contributed by atoms with Crippen molar-refractivity contribution < 1.29 is 9.53 Å². The Kier molecular flexibility index (Phi) is 4.33. The lowest BCUT2D eigenvalue weighted by Crippen LogP contribution is -2.06. The van der Waals surface area contributed by atoms with E-state index in [9.17, 15) is 4.79 Å². The first-order valence-corrected chi connectivity index (χ1v) is 7.27. The number of methoxy groups -OCH3 is 1. The van der Waals surface area contributed by atoms with Crippen LogP contribution in [0.3, 0.4) is 0 Å². The number of aromatic nitrogens is 1. The third-order valence-electron chi connectivity index (χ3n) is 2.45. The van der Waals surface area contributed by atoms with Gasteiger partial charge in [-0.3, -0.25) is 0 Å². The van der Waals surface area contributed by atoms with Crippen molar-refractivity contribution in [3.8, 4) is 0 Å². The third kappa shape index (κ3) is 3.08. The van der Waals surface area contributed by atoms with E-state index in [-0.39, 0.29) is 5.97 Å². The number of ether oxygens (including phenoxy) is 1. The molecule has 2 rings (SSSR count).